The highest BCUT2D eigenvalue weighted by molar-refractivity contribution is 7.88. The fraction of sp³-hybridized carbons (Fsp3) is 0.522. The van der Waals surface area contributed by atoms with Gasteiger partial charge in [0.25, 0.3) is 0 Å². The normalized spacial score (nSPS) is 19.0. The summed E-state index contributed by atoms with van der Waals surface area (Å²) >= 11 is 0. The van der Waals surface area contributed by atoms with Crippen molar-refractivity contribution in [1.82, 2.24) is 24.1 Å². The molecule has 2 fully saturated rings. The zero-order valence-electron chi connectivity index (χ0n) is 19.0. The number of nitrogens with zero attached hydrogens (tertiary/aromatic N) is 6. The minimum absolute atomic E-state index is 0.412. The first-order valence-electron chi connectivity index (χ1n) is 11.7. The maximum Gasteiger partial charge on any atom is 0.229 e. The lowest BCUT2D eigenvalue weighted by Gasteiger charge is -2.34. The summed E-state index contributed by atoms with van der Waals surface area (Å²) in [5.74, 6) is 0.562. The second-order valence-corrected chi connectivity index (χ2v) is 11.0. The SMILES string of the molecule is CS(=O)(=O)N1CCN(c2ccc(Nc3ncc4cnn(C5CCCCCC5)c4n3)cc2)CC1. The van der Waals surface area contributed by atoms with Crippen LogP contribution in [-0.2, 0) is 10.0 Å². The highest BCUT2D eigenvalue weighted by Crippen LogP contribution is 2.29. The van der Waals surface area contributed by atoms with E-state index in [1.54, 1.807) is 0 Å². The highest BCUT2D eigenvalue weighted by atomic mass is 32.2. The van der Waals surface area contributed by atoms with Crippen molar-refractivity contribution < 1.29 is 8.42 Å². The lowest BCUT2D eigenvalue weighted by Crippen LogP contribution is -2.48. The van der Waals surface area contributed by atoms with Crippen molar-refractivity contribution in [3.63, 3.8) is 0 Å². The molecule has 9 nitrogen and oxygen atoms in total. The predicted octanol–water partition coefficient (Wildman–Crippen LogP) is 3.55. The number of sulfonamides is 1. The van der Waals surface area contributed by atoms with E-state index in [4.69, 9.17) is 4.98 Å². The van der Waals surface area contributed by atoms with E-state index < -0.39 is 10.0 Å². The molecule has 33 heavy (non-hydrogen) atoms. The Morgan fingerprint density at radius 3 is 2.30 bits per heavy atom. The van der Waals surface area contributed by atoms with E-state index in [2.05, 4.69) is 25.0 Å². The summed E-state index contributed by atoms with van der Waals surface area (Å²) < 4.78 is 27.1. The van der Waals surface area contributed by atoms with Gasteiger partial charge in [-0.3, -0.25) is 0 Å². The molecule has 0 bridgehead atoms. The molecule has 1 saturated carbocycles. The topological polar surface area (TPSA) is 96.3 Å². The van der Waals surface area contributed by atoms with Crippen molar-refractivity contribution in [1.29, 1.82) is 0 Å². The van der Waals surface area contributed by atoms with E-state index in [1.807, 2.05) is 36.7 Å². The van der Waals surface area contributed by atoms with E-state index in [1.165, 1.54) is 36.2 Å². The monoisotopic (exact) mass is 469 g/mol. The lowest BCUT2D eigenvalue weighted by atomic mass is 10.1. The summed E-state index contributed by atoms with van der Waals surface area (Å²) in [5.41, 5.74) is 2.88. The molecule has 1 aliphatic carbocycles. The van der Waals surface area contributed by atoms with Crippen LogP contribution in [0.15, 0.2) is 36.7 Å². The quantitative estimate of drug-likeness (QED) is 0.571. The fourth-order valence-electron chi connectivity index (χ4n) is 4.83. The van der Waals surface area contributed by atoms with Gasteiger partial charge in [0, 0.05) is 43.8 Å². The average molecular weight is 470 g/mol. The van der Waals surface area contributed by atoms with Crippen molar-refractivity contribution in [2.75, 3.05) is 42.7 Å². The molecule has 3 aromatic rings. The minimum Gasteiger partial charge on any atom is -0.369 e. The molecule has 1 N–H and O–H groups in total. The number of aromatic nitrogens is 4. The van der Waals surface area contributed by atoms with Crippen LogP contribution >= 0.6 is 0 Å². The zero-order chi connectivity index (χ0) is 22.8. The Morgan fingerprint density at radius 1 is 0.939 bits per heavy atom. The third-order valence-electron chi connectivity index (χ3n) is 6.70. The molecule has 10 heteroatoms. The van der Waals surface area contributed by atoms with E-state index >= 15 is 0 Å². The molecule has 1 aliphatic heterocycles. The van der Waals surface area contributed by atoms with Crippen molar-refractivity contribution in [3.8, 4) is 0 Å². The average Bonchev–Trinajstić information content (AvgIpc) is 3.04. The van der Waals surface area contributed by atoms with Crippen LogP contribution in [0, 0.1) is 0 Å². The summed E-state index contributed by atoms with van der Waals surface area (Å²) in [6.45, 7) is 2.40. The number of anilines is 3. The number of fused-ring (bicyclic) bond motifs is 1. The van der Waals surface area contributed by atoms with Crippen LogP contribution in [-0.4, -0.2) is 64.9 Å². The van der Waals surface area contributed by atoms with Gasteiger partial charge in [0.15, 0.2) is 5.65 Å². The first kappa shape index (κ1) is 22.1. The Balaban J connectivity index is 1.27. The Morgan fingerprint density at radius 2 is 1.64 bits per heavy atom. The van der Waals surface area contributed by atoms with Crippen molar-refractivity contribution in [3.05, 3.63) is 36.7 Å². The largest absolute Gasteiger partial charge is 0.369 e. The summed E-state index contributed by atoms with van der Waals surface area (Å²) in [4.78, 5) is 11.5. The van der Waals surface area contributed by atoms with Crippen LogP contribution in [0.25, 0.3) is 11.0 Å². The molecular weight excluding hydrogens is 438 g/mol. The molecule has 176 valence electrons. The van der Waals surface area contributed by atoms with Crippen LogP contribution in [0.4, 0.5) is 17.3 Å². The van der Waals surface area contributed by atoms with Crippen molar-refractivity contribution in [2.45, 2.75) is 44.6 Å². The number of benzene rings is 1. The molecule has 1 saturated heterocycles. The van der Waals surface area contributed by atoms with Gasteiger partial charge in [0.05, 0.1) is 23.9 Å². The summed E-state index contributed by atoms with van der Waals surface area (Å²) in [6, 6.07) is 8.53. The van der Waals surface area contributed by atoms with Crippen LogP contribution in [0.3, 0.4) is 0 Å². The first-order chi connectivity index (χ1) is 16.0. The molecule has 0 radical (unpaired) electrons. The lowest BCUT2D eigenvalue weighted by molar-refractivity contribution is 0.388. The Hall–Kier alpha value is -2.72. The van der Waals surface area contributed by atoms with Gasteiger partial charge in [0.2, 0.25) is 16.0 Å². The van der Waals surface area contributed by atoms with Gasteiger partial charge in [-0.1, -0.05) is 25.7 Å². The second kappa shape index (κ2) is 9.26. The summed E-state index contributed by atoms with van der Waals surface area (Å²) in [5, 5.41) is 8.91. The van der Waals surface area contributed by atoms with Crippen molar-refractivity contribution in [2.24, 2.45) is 0 Å². The van der Waals surface area contributed by atoms with E-state index in [0.717, 1.165) is 35.2 Å². The molecule has 0 unspecified atom stereocenters. The number of piperazine rings is 1. The first-order valence-corrected chi connectivity index (χ1v) is 13.6. The maximum absolute atomic E-state index is 11.7. The molecule has 0 spiro atoms. The van der Waals surface area contributed by atoms with Crippen LogP contribution in [0.2, 0.25) is 0 Å². The Labute approximate surface area is 194 Å². The highest BCUT2D eigenvalue weighted by Gasteiger charge is 2.23. The molecule has 2 aliphatic rings. The van der Waals surface area contributed by atoms with Gasteiger partial charge < -0.3 is 10.2 Å². The van der Waals surface area contributed by atoms with Gasteiger partial charge in [-0.15, -0.1) is 0 Å². The van der Waals surface area contributed by atoms with Crippen LogP contribution in [0.5, 0.6) is 0 Å². The van der Waals surface area contributed by atoms with E-state index in [-0.39, 0.29) is 0 Å². The third kappa shape index (κ3) is 4.96. The second-order valence-electron chi connectivity index (χ2n) is 9.03. The molecule has 0 atom stereocenters. The Bertz CT molecular complexity index is 1190. The molecule has 2 aromatic heterocycles. The predicted molar refractivity (Wildman–Crippen MR) is 130 cm³/mol. The van der Waals surface area contributed by atoms with Gasteiger partial charge >= 0.3 is 0 Å². The summed E-state index contributed by atoms with van der Waals surface area (Å²) in [7, 11) is -3.12. The van der Waals surface area contributed by atoms with Crippen LogP contribution < -0.4 is 10.2 Å². The summed E-state index contributed by atoms with van der Waals surface area (Å²) in [6.07, 6.45) is 12.4. The van der Waals surface area contributed by atoms with Gasteiger partial charge in [0.1, 0.15) is 0 Å². The maximum atomic E-state index is 11.7. The van der Waals surface area contributed by atoms with E-state index in [9.17, 15) is 8.42 Å². The smallest absolute Gasteiger partial charge is 0.229 e. The standard InChI is InChI=1S/C23H31N7O2S/c1-33(31,32)29-14-12-28(13-15-29)20-10-8-19(9-11-20)26-23-24-16-18-17-25-30(22(18)27-23)21-6-4-2-3-5-7-21/h8-11,16-17,21H,2-7,12-15H2,1H3,(H,24,26,27). The third-order valence-corrected chi connectivity index (χ3v) is 8.00. The van der Waals surface area contributed by atoms with E-state index in [0.29, 0.717) is 38.2 Å². The van der Waals surface area contributed by atoms with Gasteiger partial charge in [-0.05, 0) is 37.1 Å². The Kier molecular flexibility index (Phi) is 6.20. The molecule has 1 aromatic carbocycles. The van der Waals surface area contributed by atoms with Gasteiger partial charge in [-0.2, -0.15) is 14.4 Å². The number of rotatable bonds is 5. The molecular formula is C23H31N7O2S. The fourth-order valence-corrected chi connectivity index (χ4v) is 5.65. The zero-order valence-corrected chi connectivity index (χ0v) is 19.8. The number of hydrogen-bond donors (Lipinski definition) is 1. The number of hydrogen-bond acceptors (Lipinski definition) is 7. The number of nitrogens with one attached hydrogen (secondary N) is 1. The van der Waals surface area contributed by atoms with Crippen LogP contribution in [0.1, 0.15) is 44.6 Å². The molecule has 0 amide bonds. The van der Waals surface area contributed by atoms with Crippen molar-refractivity contribution >= 4 is 38.4 Å². The molecule has 5 rings (SSSR count). The van der Waals surface area contributed by atoms with Gasteiger partial charge in [-0.25, -0.2) is 18.1 Å². The minimum atomic E-state index is -3.12. The molecule has 3 heterocycles.